The molecule has 96 valence electrons. The van der Waals surface area contributed by atoms with Crippen molar-refractivity contribution in [3.8, 4) is 0 Å². The van der Waals surface area contributed by atoms with Crippen LogP contribution in [0.1, 0.15) is 30.2 Å². The Morgan fingerprint density at radius 2 is 2.28 bits per heavy atom. The summed E-state index contributed by atoms with van der Waals surface area (Å²) in [6.07, 6.45) is -0.221. The predicted octanol–water partition coefficient (Wildman–Crippen LogP) is 1.69. The summed E-state index contributed by atoms with van der Waals surface area (Å²) in [5, 5.41) is 13.8. The second kappa shape index (κ2) is 5.48. The molecule has 1 aromatic carbocycles. The Morgan fingerprint density at radius 1 is 1.50 bits per heavy atom. The van der Waals surface area contributed by atoms with E-state index < -0.39 is 12.1 Å². The van der Waals surface area contributed by atoms with Gasteiger partial charge < -0.3 is 15.4 Å². The Morgan fingerprint density at radius 3 is 2.94 bits per heavy atom. The number of aromatic nitrogens is 2. The van der Waals surface area contributed by atoms with E-state index in [1.54, 1.807) is 13.0 Å². The third-order valence-corrected chi connectivity index (χ3v) is 2.78. The van der Waals surface area contributed by atoms with E-state index in [0.29, 0.717) is 17.3 Å². The van der Waals surface area contributed by atoms with E-state index in [-0.39, 0.29) is 5.89 Å². The van der Waals surface area contributed by atoms with Crippen LogP contribution >= 0.6 is 11.6 Å². The Hall–Kier alpha value is -1.43. The molecule has 3 N–H and O–H groups in total. The quantitative estimate of drug-likeness (QED) is 0.881. The summed E-state index contributed by atoms with van der Waals surface area (Å²) in [6, 6.07) is 6.77. The van der Waals surface area contributed by atoms with Crippen molar-refractivity contribution in [2.45, 2.75) is 25.5 Å². The van der Waals surface area contributed by atoms with Gasteiger partial charge in [0.15, 0.2) is 5.82 Å². The van der Waals surface area contributed by atoms with E-state index in [4.69, 9.17) is 21.9 Å². The number of nitrogens with two attached hydrogens (primary N) is 1. The number of benzene rings is 1. The molecule has 0 fully saturated rings. The SMILES string of the molecule is CC(O)C(N)c1nc(Cc2cccc(Cl)c2)no1. The van der Waals surface area contributed by atoms with E-state index >= 15 is 0 Å². The molecule has 0 amide bonds. The first kappa shape index (κ1) is 13.0. The maximum absolute atomic E-state index is 9.34. The number of nitrogens with zero attached hydrogens (tertiary/aromatic N) is 2. The molecule has 2 atom stereocenters. The smallest absolute Gasteiger partial charge is 0.246 e. The largest absolute Gasteiger partial charge is 0.391 e. The van der Waals surface area contributed by atoms with Crippen LogP contribution in [0.4, 0.5) is 0 Å². The van der Waals surface area contributed by atoms with Gasteiger partial charge in [0.1, 0.15) is 6.04 Å². The molecule has 5 nitrogen and oxygen atoms in total. The maximum Gasteiger partial charge on any atom is 0.246 e. The van der Waals surface area contributed by atoms with Crippen LogP contribution < -0.4 is 5.73 Å². The zero-order valence-electron chi connectivity index (χ0n) is 9.88. The van der Waals surface area contributed by atoms with Crippen LogP contribution in [0.3, 0.4) is 0 Å². The normalized spacial score (nSPS) is 14.4. The Kier molecular flexibility index (Phi) is 3.96. The zero-order chi connectivity index (χ0) is 13.1. The summed E-state index contributed by atoms with van der Waals surface area (Å²) in [7, 11) is 0. The molecule has 0 saturated carbocycles. The van der Waals surface area contributed by atoms with Gasteiger partial charge in [-0.3, -0.25) is 0 Å². The van der Waals surface area contributed by atoms with Gasteiger partial charge in [0.05, 0.1) is 6.10 Å². The van der Waals surface area contributed by atoms with Gasteiger partial charge in [-0.25, -0.2) is 0 Å². The highest BCUT2D eigenvalue weighted by Gasteiger charge is 2.19. The van der Waals surface area contributed by atoms with Gasteiger partial charge in [-0.05, 0) is 24.6 Å². The summed E-state index contributed by atoms with van der Waals surface area (Å²) in [5.74, 6) is 0.755. The van der Waals surface area contributed by atoms with E-state index in [1.165, 1.54) is 0 Å². The average molecular weight is 268 g/mol. The van der Waals surface area contributed by atoms with Gasteiger partial charge in [0, 0.05) is 11.4 Å². The first-order chi connectivity index (χ1) is 8.56. The van der Waals surface area contributed by atoms with Crippen molar-refractivity contribution in [2.24, 2.45) is 5.73 Å². The third kappa shape index (κ3) is 3.07. The van der Waals surface area contributed by atoms with Gasteiger partial charge in [-0.2, -0.15) is 4.98 Å². The fraction of sp³-hybridized carbons (Fsp3) is 0.333. The minimum absolute atomic E-state index is 0.238. The van der Waals surface area contributed by atoms with Crippen molar-refractivity contribution in [3.05, 3.63) is 46.6 Å². The Balaban J connectivity index is 2.11. The summed E-state index contributed by atoms with van der Waals surface area (Å²) in [5.41, 5.74) is 6.69. The number of aliphatic hydroxyl groups is 1. The lowest BCUT2D eigenvalue weighted by Crippen LogP contribution is -2.23. The van der Waals surface area contributed by atoms with Crippen LogP contribution in [0, 0.1) is 0 Å². The number of halogens is 1. The van der Waals surface area contributed by atoms with Crippen molar-refractivity contribution < 1.29 is 9.63 Å². The molecule has 0 aliphatic carbocycles. The Labute approximate surface area is 110 Å². The monoisotopic (exact) mass is 267 g/mol. The fourth-order valence-electron chi connectivity index (χ4n) is 1.51. The average Bonchev–Trinajstić information content (AvgIpc) is 2.76. The van der Waals surface area contributed by atoms with E-state index in [1.807, 2.05) is 18.2 Å². The van der Waals surface area contributed by atoms with Gasteiger partial charge >= 0.3 is 0 Å². The lowest BCUT2D eigenvalue weighted by Gasteiger charge is -2.08. The van der Waals surface area contributed by atoms with Gasteiger partial charge in [-0.15, -0.1) is 0 Å². The molecule has 0 saturated heterocycles. The Bertz CT molecular complexity index is 528. The molecule has 6 heteroatoms. The predicted molar refractivity (Wildman–Crippen MR) is 67.2 cm³/mol. The second-order valence-electron chi connectivity index (χ2n) is 4.12. The van der Waals surface area contributed by atoms with Crippen molar-refractivity contribution in [1.29, 1.82) is 0 Å². The molecule has 1 aromatic heterocycles. The zero-order valence-corrected chi connectivity index (χ0v) is 10.6. The van der Waals surface area contributed by atoms with Gasteiger partial charge in [0.2, 0.25) is 5.89 Å². The molecular weight excluding hydrogens is 254 g/mol. The molecule has 0 radical (unpaired) electrons. The molecule has 2 aromatic rings. The number of hydrogen-bond donors (Lipinski definition) is 2. The van der Waals surface area contributed by atoms with Crippen molar-refractivity contribution in [3.63, 3.8) is 0 Å². The molecule has 1 heterocycles. The van der Waals surface area contributed by atoms with Crippen LogP contribution in [0.25, 0.3) is 0 Å². The number of hydrogen-bond acceptors (Lipinski definition) is 5. The molecule has 0 aliphatic heterocycles. The highest BCUT2D eigenvalue weighted by atomic mass is 35.5. The minimum Gasteiger partial charge on any atom is -0.391 e. The highest BCUT2D eigenvalue weighted by Crippen LogP contribution is 2.16. The molecule has 0 spiro atoms. The molecular formula is C12H14ClN3O2. The molecule has 2 unspecified atom stereocenters. The number of rotatable bonds is 4. The number of aliphatic hydroxyl groups excluding tert-OH is 1. The lowest BCUT2D eigenvalue weighted by atomic mass is 10.1. The third-order valence-electron chi connectivity index (χ3n) is 2.54. The van der Waals surface area contributed by atoms with E-state index in [0.717, 1.165) is 5.56 Å². The topological polar surface area (TPSA) is 85.2 Å². The van der Waals surface area contributed by atoms with E-state index in [9.17, 15) is 5.11 Å². The summed E-state index contributed by atoms with van der Waals surface area (Å²) >= 11 is 5.89. The fourth-order valence-corrected chi connectivity index (χ4v) is 1.72. The molecule has 18 heavy (non-hydrogen) atoms. The molecule has 0 aliphatic rings. The standard InChI is InChI=1S/C12H14ClN3O2/c1-7(17)11(14)12-15-10(16-18-12)6-8-3-2-4-9(13)5-8/h2-5,7,11,17H,6,14H2,1H3. The summed E-state index contributed by atoms with van der Waals surface area (Å²) in [6.45, 7) is 1.57. The van der Waals surface area contributed by atoms with Crippen LogP contribution in [0.5, 0.6) is 0 Å². The van der Waals surface area contributed by atoms with Crippen LogP contribution in [0.15, 0.2) is 28.8 Å². The minimum atomic E-state index is -0.732. The second-order valence-corrected chi connectivity index (χ2v) is 4.56. The van der Waals surface area contributed by atoms with Crippen LogP contribution in [-0.4, -0.2) is 21.4 Å². The maximum atomic E-state index is 9.34. The molecule has 0 bridgehead atoms. The summed E-state index contributed by atoms with van der Waals surface area (Å²) in [4.78, 5) is 4.15. The summed E-state index contributed by atoms with van der Waals surface area (Å²) < 4.78 is 5.01. The lowest BCUT2D eigenvalue weighted by molar-refractivity contribution is 0.146. The van der Waals surface area contributed by atoms with Crippen LogP contribution in [-0.2, 0) is 6.42 Å². The van der Waals surface area contributed by atoms with Gasteiger partial charge in [0.25, 0.3) is 0 Å². The van der Waals surface area contributed by atoms with Crippen molar-refractivity contribution >= 4 is 11.6 Å². The van der Waals surface area contributed by atoms with Crippen molar-refractivity contribution in [2.75, 3.05) is 0 Å². The van der Waals surface area contributed by atoms with Gasteiger partial charge in [-0.1, -0.05) is 28.9 Å². The first-order valence-corrected chi connectivity index (χ1v) is 5.94. The first-order valence-electron chi connectivity index (χ1n) is 5.57. The van der Waals surface area contributed by atoms with Crippen molar-refractivity contribution in [1.82, 2.24) is 10.1 Å². The van der Waals surface area contributed by atoms with Crippen LogP contribution in [0.2, 0.25) is 5.02 Å². The molecule has 2 rings (SSSR count). The van der Waals surface area contributed by atoms with E-state index in [2.05, 4.69) is 10.1 Å². The highest BCUT2D eigenvalue weighted by molar-refractivity contribution is 6.30.